The van der Waals surface area contributed by atoms with Crippen LogP contribution >= 0.6 is 0 Å². The van der Waals surface area contributed by atoms with Gasteiger partial charge in [0.05, 0.1) is 13.2 Å². The number of hydrogen-bond donors (Lipinski definition) is 0. The molecule has 0 radical (unpaired) electrons. The van der Waals surface area contributed by atoms with Crippen LogP contribution in [0.5, 0.6) is 5.75 Å². The Kier molecular flexibility index (Phi) is 4.65. The van der Waals surface area contributed by atoms with E-state index in [1.165, 1.54) is 5.56 Å². The normalized spacial score (nSPS) is 19.0. The molecule has 1 amide bonds. The van der Waals surface area contributed by atoms with Crippen LogP contribution in [0.15, 0.2) is 54.6 Å². The van der Waals surface area contributed by atoms with E-state index in [4.69, 9.17) is 4.74 Å². The van der Waals surface area contributed by atoms with Gasteiger partial charge in [-0.25, -0.2) is 0 Å². The number of para-hydroxylation sites is 1. The molecule has 2 atom stereocenters. The first kappa shape index (κ1) is 15.6. The Labute approximate surface area is 137 Å². The molecule has 0 spiro atoms. The summed E-state index contributed by atoms with van der Waals surface area (Å²) in [5.74, 6) is 1.18. The van der Waals surface area contributed by atoms with Crippen molar-refractivity contribution in [2.75, 3.05) is 13.7 Å². The molecule has 1 heterocycles. The second kappa shape index (κ2) is 6.86. The first-order valence-corrected chi connectivity index (χ1v) is 8.18. The van der Waals surface area contributed by atoms with Crippen LogP contribution < -0.4 is 4.74 Å². The highest BCUT2D eigenvalue weighted by Gasteiger charge is 2.35. The number of carbonyl (C=O) groups is 1. The standard InChI is InChI=1S/C20H23NO2/c1-15(16-8-4-3-5-9-16)21-13-12-18(20(21)22)14-17-10-6-7-11-19(17)23-2/h3-11,15,18H,12-14H2,1-2H3/t15-,18+/m0/s1. The van der Waals surface area contributed by atoms with Crippen molar-refractivity contribution in [3.05, 3.63) is 65.7 Å². The molecular weight excluding hydrogens is 286 g/mol. The number of rotatable bonds is 5. The first-order chi connectivity index (χ1) is 11.2. The van der Waals surface area contributed by atoms with E-state index in [0.717, 1.165) is 30.7 Å². The topological polar surface area (TPSA) is 29.5 Å². The lowest BCUT2D eigenvalue weighted by molar-refractivity contribution is -0.132. The average Bonchev–Trinajstić information content (AvgIpc) is 2.96. The molecule has 1 saturated heterocycles. The molecule has 0 saturated carbocycles. The van der Waals surface area contributed by atoms with Crippen molar-refractivity contribution in [2.45, 2.75) is 25.8 Å². The molecule has 1 aliphatic rings. The van der Waals surface area contributed by atoms with Crippen molar-refractivity contribution in [3.8, 4) is 5.75 Å². The van der Waals surface area contributed by atoms with Crippen molar-refractivity contribution in [1.29, 1.82) is 0 Å². The van der Waals surface area contributed by atoms with Gasteiger partial charge in [-0.15, -0.1) is 0 Å². The number of ether oxygens (including phenoxy) is 1. The molecule has 0 bridgehead atoms. The number of benzene rings is 2. The number of nitrogens with zero attached hydrogens (tertiary/aromatic N) is 1. The maximum absolute atomic E-state index is 12.8. The first-order valence-electron chi connectivity index (χ1n) is 8.18. The average molecular weight is 309 g/mol. The van der Waals surface area contributed by atoms with Gasteiger partial charge in [0, 0.05) is 12.5 Å². The molecule has 2 aromatic carbocycles. The quantitative estimate of drug-likeness (QED) is 0.839. The molecule has 120 valence electrons. The summed E-state index contributed by atoms with van der Waals surface area (Å²) >= 11 is 0. The highest BCUT2D eigenvalue weighted by atomic mass is 16.5. The van der Waals surface area contributed by atoms with Gasteiger partial charge in [-0.3, -0.25) is 4.79 Å². The lowest BCUT2D eigenvalue weighted by Crippen LogP contribution is -2.30. The van der Waals surface area contributed by atoms with E-state index >= 15 is 0 Å². The molecule has 1 aliphatic heterocycles. The zero-order chi connectivity index (χ0) is 16.2. The molecule has 0 aliphatic carbocycles. The Morgan fingerprint density at radius 3 is 2.57 bits per heavy atom. The summed E-state index contributed by atoms with van der Waals surface area (Å²) in [6.07, 6.45) is 1.66. The molecule has 0 unspecified atom stereocenters. The molecule has 3 rings (SSSR count). The van der Waals surface area contributed by atoms with Crippen LogP contribution in [0.25, 0.3) is 0 Å². The Balaban J connectivity index is 1.72. The molecule has 23 heavy (non-hydrogen) atoms. The van der Waals surface area contributed by atoms with Gasteiger partial charge in [0.15, 0.2) is 0 Å². The summed E-state index contributed by atoms with van der Waals surface area (Å²) < 4.78 is 5.41. The summed E-state index contributed by atoms with van der Waals surface area (Å²) in [5, 5.41) is 0. The van der Waals surface area contributed by atoms with E-state index in [2.05, 4.69) is 25.1 Å². The fourth-order valence-corrected chi connectivity index (χ4v) is 3.39. The van der Waals surface area contributed by atoms with Gasteiger partial charge in [-0.1, -0.05) is 48.5 Å². The van der Waals surface area contributed by atoms with Gasteiger partial charge in [0.25, 0.3) is 0 Å². The lowest BCUT2D eigenvalue weighted by Gasteiger charge is -2.25. The molecule has 3 heteroatoms. The number of amides is 1. The Bertz CT molecular complexity index is 668. The van der Waals surface area contributed by atoms with Crippen molar-refractivity contribution in [2.24, 2.45) is 5.92 Å². The van der Waals surface area contributed by atoms with E-state index in [9.17, 15) is 4.79 Å². The highest BCUT2D eigenvalue weighted by Crippen LogP contribution is 2.32. The smallest absolute Gasteiger partial charge is 0.226 e. The zero-order valence-electron chi connectivity index (χ0n) is 13.7. The van der Waals surface area contributed by atoms with Gasteiger partial charge < -0.3 is 9.64 Å². The van der Waals surface area contributed by atoms with E-state index in [-0.39, 0.29) is 17.9 Å². The number of carbonyl (C=O) groups excluding carboxylic acids is 1. The maximum Gasteiger partial charge on any atom is 0.226 e. The van der Waals surface area contributed by atoms with Gasteiger partial charge in [-0.2, -0.15) is 0 Å². The van der Waals surface area contributed by atoms with Crippen LogP contribution in [-0.4, -0.2) is 24.5 Å². The summed E-state index contributed by atoms with van der Waals surface area (Å²) in [6, 6.07) is 18.3. The van der Waals surface area contributed by atoms with E-state index in [1.54, 1.807) is 7.11 Å². The Morgan fingerprint density at radius 2 is 1.83 bits per heavy atom. The minimum absolute atomic E-state index is 0.0532. The second-order valence-corrected chi connectivity index (χ2v) is 6.12. The predicted molar refractivity (Wildman–Crippen MR) is 91.4 cm³/mol. The van der Waals surface area contributed by atoms with Crippen LogP contribution in [0.4, 0.5) is 0 Å². The third-order valence-electron chi connectivity index (χ3n) is 4.76. The Morgan fingerprint density at radius 1 is 1.13 bits per heavy atom. The molecular formula is C20H23NO2. The molecule has 2 aromatic rings. The number of hydrogen-bond acceptors (Lipinski definition) is 2. The highest BCUT2D eigenvalue weighted by molar-refractivity contribution is 5.81. The largest absolute Gasteiger partial charge is 0.496 e. The number of likely N-dealkylation sites (tertiary alicyclic amines) is 1. The van der Waals surface area contributed by atoms with Crippen LogP contribution in [-0.2, 0) is 11.2 Å². The minimum Gasteiger partial charge on any atom is -0.496 e. The van der Waals surface area contributed by atoms with Gasteiger partial charge in [0.2, 0.25) is 5.91 Å². The summed E-state index contributed by atoms with van der Waals surface area (Å²) in [6.45, 7) is 2.94. The molecule has 0 N–H and O–H groups in total. The van der Waals surface area contributed by atoms with Gasteiger partial charge in [-0.05, 0) is 37.0 Å². The third kappa shape index (κ3) is 3.24. The predicted octanol–water partition coefficient (Wildman–Crippen LogP) is 3.85. The SMILES string of the molecule is COc1ccccc1C[C@H]1CCN([C@@H](C)c2ccccc2)C1=O. The number of methoxy groups -OCH3 is 1. The van der Waals surface area contributed by atoms with E-state index in [1.807, 2.05) is 41.3 Å². The van der Waals surface area contributed by atoms with Crippen LogP contribution in [0.1, 0.15) is 30.5 Å². The molecule has 0 aromatic heterocycles. The van der Waals surface area contributed by atoms with Crippen molar-refractivity contribution < 1.29 is 9.53 Å². The zero-order valence-corrected chi connectivity index (χ0v) is 13.7. The van der Waals surface area contributed by atoms with Crippen LogP contribution in [0.2, 0.25) is 0 Å². The van der Waals surface area contributed by atoms with Gasteiger partial charge >= 0.3 is 0 Å². The summed E-state index contributed by atoms with van der Waals surface area (Å²) in [4.78, 5) is 14.8. The van der Waals surface area contributed by atoms with Gasteiger partial charge in [0.1, 0.15) is 5.75 Å². The minimum atomic E-state index is 0.0532. The molecule has 3 nitrogen and oxygen atoms in total. The van der Waals surface area contributed by atoms with Crippen molar-refractivity contribution in [3.63, 3.8) is 0 Å². The van der Waals surface area contributed by atoms with Crippen LogP contribution in [0, 0.1) is 5.92 Å². The van der Waals surface area contributed by atoms with E-state index in [0.29, 0.717) is 0 Å². The van der Waals surface area contributed by atoms with Crippen LogP contribution in [0.3, 0.4) is 0 Å². The second-order valence-electron chi connectivity index (χ2n) is 6.12. The summed E-state index contributed by atoms with van der Waals surface area (Å²) in [5.41, 5.74) is 2.31. The maximum atomic E-state index is 12.8. The third-order valence-corrected chi connectivity index (χ3v) is 4.76. The summed E-state index contributed by atoms with van der Waals surface area (Å²) in [7, 11) is 1.68. The Hall–Kier alpha value is -2.29. The fourth-order valence-electron chi connectivity index (χ4n) is 3.39. The van der Waals surface area contributed by atoms with Crippen molar-refractivity contribution >= 4 is 5.91 Å². The molecule has 1 fully saturated rings. The van der Waals surface area contributed by atoms with Crippen molar-refractivity contribution in [1.82, 2.24) is 4.90 Å². The monoisotopic (exact) mass is 309 g/mol. The van der Waals surface area contributed by atoms with E-state index < -0.39 is 0 Å². The fraction of sp³-hybridized carbons (Fsp3) is 0.350. The lowest BCUT2D eigenvalue weighted by atomic mass is 9.97.